The van der Waals surface area contributed by atoms with E-state index in [0.29, 0.717) is 44.0 Å². The summed E-state index contributed by atoms with van der Waals surface area (Å²) < 4.78 is 16.8. The Hall–Kier alpha value is -3.75. The van der Waals surface area contributed by atoms with E-state index in [1.165, 1.54) is 12.8 Å². The molecule has 0 atom stereocenters. The normalized spacial score (nSPS) is 13.4. The van der Waals surface area contributed by atoms with Gasteiger partial charge in [0, 0.05) is 38.9 Å². The van der Waals surface area contributed by atoms with Gasteiger partial charge in [-0.3, -0.25) is 4.79 Å². The van der Waals surface area contributed by atoms with Crippen molar-refractivity contribution < 1.29 is 33.7 Å². The highest BCUT2D eigenvalue weighted by atomic mass is 16.6. The van der Waals surface area contributed by atoms with Gasteiger partial charge in [0.25, 0.3) is 0 Å². The van der Waals surface area contributed by atoms with Gasteiger partial charge in [-0.2, -0.15) is 0 Å². The fourth-order valence-corrected chi connectivity index (χ4v) is 4.54. The van der Waals surface area contributed by atoms with Crippen molar-refractivity contribution in [2.75, 3.05) is 19.6 Å². The van der Waals surface area contributed by atoms with Crippen molar-refractivity contribution in [3.8, 4) is 17.2 Å². The number of para-hydroxylation sites is 1. The second-order valence-corrected chi connectivity index (χ2v) is 10.1. The predicted molar refractivity (Wildman–Crippen MR) is 152 cm³/mol. The monoisotopic (exact) mass is 554 g/mol. The number of aliphatic carboxylic acids is 1. The molecule has 1 aliphatic heterocycles. The standard InChI is InChI=1S/C31H42N2O7/c34-29(35)15-11-6-4-2-1-3-5-7-12-22-32-30(36)39-28-20-23-33(24-21-28)31(37)40-27-18-16-26(17-19-27)38-25-13-9-8-10-14-25/h8-10,13-14,16-19,28H,1-7,11-12,15,20-24H2,(H,32,36)(H,34,35). The number of carboxylic acid groups (broad SMARTS) is 1. The molecule has 1 saturated heterocycles. The van der Waals surface area contributed by atoms with Gasteiger partial charge in [-0.15, -0.1) is 0 Å². The maximum absolute atomic E-state index is 12.6. The number of carbonyl (C=O) groups is 3. The van der Waals surface area contributed by atoms with Crippen LogP contribution in [0.15, 0.2) is 54.6 Å². The van der Waals surface area contributed by atoms with Gasteiger partial charge < -0.3 is 29.5 Å². The van der Waals surface area contributed by atoms with Crippen LogP contribution in [0, 0.1) is 0 Å². The molecule has 9 heteroatoms. The molecule has 0 saturated carbocycles. The molecule has 0 bridgehead atoms. The van der Waals surface area contributed by atoms with Crippen LogP contribution in [0.3, 0.4) is 0 Å². The molecule has 3 rings (SSSR count). The molecule has 2 amide bonds. The molecule has 2 N–H and O–H groups in total. The number of amides is 2. The highest BCUT2D eigenvalue weighted by Crippen LogP contribution is 2.24. The molecule has 0 unspecified atom stereocenters. The van der Waals surface area contributed by atoms with Gasteiger partial charge in [0.05, 0.1) is 0 Å². The minimum absolute atomic E-state index is 0.214. The summed E-state index contributed by atoms with van der Waals surface area (Å²) in [5.41, 5.74) is 0. The van der Waals surface area contributed by atoms with E-state index in [2.05, 4.69) is 5.32 Å². The molecule has 40 heavy (non-hydrogen) atoms. The molecule has 0 aliphatic carbocycles. The SMILES string of the molecule is O=C(O)CCCCCCCCCCCNC(=O)OC1CCN(C(=O)Oc2ccc(Oc3ccccc3)cc2)CC1. The summed E-state index contributed by atoms with van der Waals surface area (Å²) in [6, 6.07) is 16.4. The number of hydrogen-bond donors (Lipinski definition) is 2. The summed E-state index contributed by atoms with van der Waals surface area (Å²) in [6.07, 6.45) is 9.82. The third-order valence-corrected chi connectivity index (χ3v) is 6.82. The average molecular weight is 555 g/mol. The van der Waals surface area contributed by atoms with Crippen molar-refractivity contribution in [1.29, 1.82) is 0 Å². The van der Waals surface area contributed by atoms with E-state index in [9.17, 15) is 14.4 Å². The fraction of sp³-hybridized carbons (Fsp3) is 0.516. The van der Waals surface area contributed by atoms with E-state index in [4.69, 9.17) is 19.3 Å². The zero-order chi connectivity index (χ0) is 28.4. The van der Waals surface area contributed by atoms with E-state index in [1.54, 1.807) is 29.2 Å². The van der Waals surface area contributed by atoms with E-state index >= 15 is 0 Å². The van der Waals surface area contributed by atoms with Gasteiger partial charge in [0.15, 0.2) is 0 Å². The maximum atomic E-state index is 12.6. The summed E-state index contributed by atoms with van der Waals surface area (Å²) in [6.45, 7) is 1.52. The minimum Gasteiger partial charge on any atom is -0.481 e. The zero-order valence-corrected chi connectivity index (χ0v) is 23.2. The van der Waals surface area contributed by atoms with Gasteiger partial charge in [0.1, 0.15) is 23.4 Å². The summed E-state index contributed by atoms with van der Waals surface area (Å²) in [5, 5.41) is 11.4. The van der Waals surface area contributed by atoms with E-state index in [0.717, 1.165) is 50.7 Å². The van der Waals surface area contributed by atoms with Crippen molar-refractivity contribution in [1.82, 2.24) is 10.2 Å². The third-order valence-electron chi connectivity index (χ3n) is 6.82. The first-order valence-electron chi connectivity index (χ1n) is 14.5. The average Bonchev–Trinajstić information content (AvgIpc) is 2.95. The van der Waals surface area contributed by atoms with Crippen LogP contribution in [0.2, 0.25) is 0 Å². The number of benzene rings is 2. The van der Waals surface area contributed by atoms with Crippen LogP contribution >= 0.6 is 0 Å². The van der Waals surface area contributed by atoms with Crippen molar-refractivity contribution in [3.05, 3.63) is 54.6 Å². The first-order valence-corrected chi connectivity index (χ1v) is 14.5. The number of hydrogen-bond acceptors (Lipinski definition) is 6. The number of carbonyl (C=O) groups excluding carboxylic acids is 2. The zero-order valence-electron chi connectivity index (χ0n) is 23.2. The molecule has 9 nitrogen and oxygen atoms in total. The van der Waals surface area contributed by atoms with Crippen LogP contribution in [0.25, 0.3) is 0 Å². The summed E-state index contributed by atoms with van der Waals surface area (Å²) in [4.78, 5) is 36.8. The second kappa shape index (κ2) is 17.8. The maximum Gasteiger partial charge on any atom is 0.415 e. The Labute approximate surface area is 236 Å². The molecular formula is C31H42N2O7. The molecule has 0 radical (unpaired) electrons. The number of piperidine rings is 1. The highest BCUT2D eigenvalue weighted by molar-refractivity contribution is 5.71. The van der Waals surface area contributed by atoms with Crippen molar-refractivity contribution in [2.24, 2.45) is 0 Å². The molecule has 0 spiro atoms. The molecule has 218 valence electrons. The Morgan fingerprint density at radius 2 is 1.30 bits per heavy atom. The topological polar surface area (TPSA) is 114 Å². The van der Waals surface area contributed by atoms with Crippen LogP contribution in [0.4, 0.5) is 9.59 Å². The predicted octanol–water partition coefficient (Wildman–Crippen LogP) is 7.15. The minimum atomic E-state index is -0.713. The first-order chi connectivity index (χ1) is 19.5. The number of likely N-dealkylation sites (tertiary alicyclic amines) is 1. The van der Waals surface area contributed by atoms with Gasteiger partial charge in [0.2, 0.25) is 0 Å². The number of ether oxygens (including phenoxy) is 3. The van der Waals surface area contributed by atoms with Crippen LogP contribution in [0.5, 0.6) is 17.2 Å². The molecular weight excluding hydrogens is 512 g/mol. The van der Waals surface area contributed by atoms with Crippen molar-refractivity contribution in [3.63, 3.8) is 0 Å². The van der Waals surface area contributed by atoms with Crippen molar-refractivity contribution >= 4 is 18.2 Å². The van der Waals surface area contributed by atoms with E-state index in [-0.39, 0.29) is 12.5 Å². The second-order valence-electron chi connectivity index (χ2n) is 10.1. The molecule has 0 aromatic heterocycles. The van der Waals surface area contributed by atoms with Gasteiger partial charge in [-0.25, -0.2) is 9.59 Å². The van der Waals surface area contributed by atoms with Crippen LogP contribution in [-0.2, 0) is 9.53 Å². The third kappa shape index (κ3) is 12.4. The molecule has 2 aromatic rings. The van der Waals surface area contributed by atoms with E-state index in [1.807, 2.05) is 30.3 Å². The van der Waals surface area contributed by atoms with Gasteiger partial charge >= 0.3 is 18.2 Å². The molecule has 1 heterocycles. The number of carboxylic acids is 1. The molecule has 1 aliphatic rings. The number of alkyl carbamates (subject to hydrolysis) is 1. The fourth-order valence-electron chi connectivity index (χ4n) is 4.54. The lowest BCUT2D eigenvalue weighted by atomic mass is 10.1. The number of unbranched alkanes of at least 4 members (excludes halogenated alkanes) is 8. The smallest absolute Gasteiger partial charge is 0.415 e. The van der Waals surface area contributed by atoms with Crippen LogP contribution in [-0.4, -0.2) is 53.9 Å². The van der Waals surface area contributed by atoms with Crippen LogP contribution in [0.1, 0.15) is 77.0 Å². The first kappa shape index (κ1) is 30.8. The van der Waals surface area contributed by atoms with Gasteiger partial charge in [-0.05, 0) is 49.2 Å². The van der Waals surface area contributed by atoms with Crippen LogP contribution < -0.4 is 14.8 Å². The number of nitrogens with zero attached hydrogens (tertiary/aromatic N) is 1. The lowest BCUT2D eigenvalue weighted by molar-refractivity contribution is -0.137. The van der Waals surface area contributed by atoms with Crippen molar-refractivity contribution in [2.45, 2.75) is 83.2 Å². The Balaban J connectivity index is 1.19. The Bertz CT molecular complexity index is 1020. The Morgan fingerprint density at radius 3 is 1.93 bits per heavy atom. The molecule has 1 fully saturated rings. The summed E-state index contributed by atoms with van der Waals surface area (Å²) in [7, 11) is 0. The lowest BCUT2D eigenvalue weighted by Gasteiger charge is -2.30. The quantitative estimate of drug-likeness (QED) is 0.212. The van der Waals surface area contributed by atoms with E-state index < -0.39 is 18.2 Å². The highest BCUT2D eigenvalue weighted by Gasteiger charge is 2.26. The number of rotatable bonds is 16. The largest absolute Gasteiger partial charge is 0.481 e. The Kier molecular flexibility index (Phi) is 13.7. The summed E-state index contributed by atoms with van der Waals surface area (Å²) >= 11 is 0. The lowest BCUT2D eigenvalue weighted by Crippen LogP contribution is -2.43. The number of nitrogens with one attached hydrogen (secondary N) is 1. The Morgan fingerprint density at radius 1 is 0.750 bits per heavy atom. The van der Waals surface area contributed by atoms with Gasteiger partial charge in [-0.1, -0.05) is 63.1 Å². The molecule has 2 aromatic carbocycles. The summed E-state index contributed by atoms with van der Waals surface area (Å²) in [5.74, 6) is 1.11.